The number of alkyl halides is 1. The number of halogens is 2. The van der Waals surface area contributed by atoms with Crippen LogP contribution in [0.2, 0.25) is 0 Å². The molecular formula is C16H16Br2O. The van der Waals surface area contributed by atoms with Gasteiger partial charge in [-0.15, -0.1) is 0 Å². The summed E-state index contributed by atoms with van der Waals surface area (Å²) in [5.41, 5.74) is 4.78. The number of rotatable bonds is 3. The zero-order chi connectivity index (χ0) is 14.0. The molecule has 100 valence electrons. The third-order valence-electron chi connectivity index (χ3n) is 3.03. The van der Waals surface area contributed by atoms with E-state index in [0.717, 1.165) is 26.9 Å². The van der Waals surface area contributed by atoms with Crippen molar-refractivity contribution in [2.24, 2.45) is 0 Å². The average Bonchev–Trinajstić information content (AvgIpc) is 2.38. The molecule has 0 aliphatic carbocycles. The van der Waals surface area contributed by atoms with Crippen molar-refractivity contribution in [2.75, 3.05) is 0 Å². The lowest BCUT2D eigenvalue weighted by Crippen LogP contribution is -1.91. The third kappa shape index (κ3) is 3.40. The zero-order valence-electron chi connectivity index (χ0n) is 11.3. The summed E-state index contributed by atoms with van der Waals surface area (Å²) in [5.74, 6) is 1.79. The van der Waals surface area contributed by atoms with Gasteiger partial charge in [0.25, 0.3) is 0 Å². The summed E-state index contributed by atoms with van der Waals surface area (Å²) >= 11 is 7.04. The summed E-state index contributed by atoms with van der Waals surface area (Å²) in [6.07, 6.45) is 0. The molecule has 0 bridgehead atoms. The van der Waals surface area contributed by atoms with Crippen LogP contribution >= 0.6 is 31.9 Å². The SMILES string of the molecule is Cc1cc(CBr)ccc1Oc1cc(C)c(Br)c(C)c1. The second kappa shape index (κ2) is 6.10. The number of hydrogen-bond donors (Lipinski definition) is 0. The molecule has 0 heterocycles. The summed E-state index contributed by atoms with van der Waals surface area (Å²) in [6.45, 7) is 6.22. The van der Waals surface area contributed by atoms with E-state index in [1.165, 1.54) is 16.7 Å². The largest absolute Gasteiger partial charge is 0.457 e. The van der Waals surface area contributed by atoms with E-state index < -0.39 is 0 Å². The van der Waals surface area contributed by atoms with Gasteiger partial charge < -0.3 is 4.74 Å². The lowest BCUT2D eigenvalue weighted by molar-refractivity contribution is 0.478. The second-order valence-corrected chi connectivity index (χ2v) is 6.06. The summed E-state index contributed by atoms with van der Waals surface area (Å²) in [6, 6.07) is 10.3. The molecule has 2 rings (SSSR count). The summed E-state index contributed by atoms with van der Waals surface area (Å²) < 4.78 is 7.13. The molecule has 1 nitrogen and oxygen atoms in total. The van der Waals surface area contributed by atoms with Crippen LogP contribution in [-0.4, -0.2) is 0 Å². The quantitative estimate of drug-likeness (QED) is 0.585. The number of hydrogen-bond acceptors (Lipinski definition) is 1. The third-order valence-corrected chi connectivity index (χ3v) is 4.93. The number of ether oxygens (including phenoxy) is 1. The Labute approximate surface area is 131 Å². The first-order chi connectivity index (χ1) is 9.01. The van der Waals surface area contributed by atoms with Crippen LogP contribution in [0, 0.1) is 20.8 Å². The van der Waals surface area contributed by atoms with Crippen molar-refractivity contribution in [1.29, 1.82) is 0 Å². The van der Waals surface area contributed by atoms with Crippen molar-refractivity contribution in [1.82, 2.24) is 0 Å². The summed E-state index contributed by atoms with van der Waals surface area (Å²) in [7, 11) is 0. The van der Waals surface area contributed by atoms with E-state index in [1.54, 1.807) is 0 Å². The van der Waals surface area contributed by atoms with Gasteiger partial charge in [0, 0.05) is 9.80 Å². The van der Waals surface area contributed by atoms with E-state index in [4.69, 9.17) is 4.74 Å². The molecule has 0 aliphatic heterocycles. The topological polar surface area (TPSA) is 9.23 Å². The molecule has 0 radical (unpaired) electrons. The molecule has 0 fully saturated rings. The molecule has 19 heavy (non-hydrogen) atoms. The van der Waals surface area contributed by atoms with Crippen molar-refractivity contribution < 1.29 is 4.74 Å². The van der Waals surface area contributed by atoms with E-state index in [2.05, 4.69) is 76.9 Å². The van der Waals surface area contributed by atoms with Gasteiger partial charge >= 0.3 is 0 Å². The van der Waals surface area contributed by atoms with Crippen molar-refractivity contribution in [3.8, 4) is 11.5 Å². The Balaban J connectivity index is 2.31. The van der Waals surface area contributed by atoms with Crippen LogP contribution in [0.3, 0.4) is 0 Å². The lowest BCUT2D eigenvalue weighted by atomic mass is 10.1. The Bertz CT molecular complexity index is 583. The fourth-order valence-corrected chi connectivity index (χ4v) is 2.58. The second-order valence-electron chi connectivity index (χ2n) is 4.71. The first-order valence-electron chi connectivity index (χ1n) is 6.11. The van der Waals surface area contributed by atoms with Gasteiger partial charge in [0.2, 0.25) is 0 Å². The van der Waals surface area contributed by atoms with Gasteiger partial charge in [-0.05, 0) is 61.2 Å². The zero-order valence-corrected chi connectivity index (χ0v) is 14.4. The van der Waals surface area contributed by atoms with Gasteiger partial charge in [0.05, 0.1) is 0 Å². The molecule has 0 saturated carbocycles. The van der Waals surface area contributed by atoms with E-state index in [9.17, 15) is 0 Å². The monoisotopic (exact) mass is 382 g/mol. The molecule has 0 aliphatic rings. The van der Waals surface area contributed by atoms with Crippen molar-refractivity contribution in [2.45, 2.75) is 26.1 Å². The first kappa shape index (κ1) is 14.6. The Morgan fingerprint density at radius 2 is 1.58 bits per heavy atom. The minimum atomic E-state index is 0.866. The van der Waals surface area contributed by atoms with E-state index in [-0.39, 0.29) is 0 Å². The molecular weight excluding hydrogens is 368 g/mol. The van der Waals surface area contributed by atoms with Gasteiger partial charge in [0.15, 0.2) is 0 Å². The van der Waals surface area contributed by atoms with Crippen LogP contribution in [0.15, 0.2) is 34.8 Å². The van der Waals surface area contributed by atoms with Crippen LogP contribution in [0.4, 0.5) is 0 Å². The highest BCUT2D eigenvalue weighted by Crippen LogP contribution is 2.31. The maximum Gasteiger partial charge on any atom is 0.130 e. The summed E-state index contributed by atoms with van der Waals surface area (Å²) in [4.78, 5) is 0. The average molecular weight is 384 g/mol. The minimum Gasteiger partial charge on any atom is -0.457 e. The molecule has 0 unspecified atom stereocenters. The molecule has 2 aromatic carbocycles. The number of aryl methyl sites for hydroxylation is 3. The van der Waals surface area contributed by atoms with Crippen LogP contribution < -0.4 is 4.74 Å². The Morgan fingerprint density at radius 3 is 2.11 bits per heavy atom. The van der Waals surface area contributed by atoms with Crippen LogP contribution in [0.1, 0.15) is 22.3 Å². The Morgan fingerprint density at radius 1 is 0.947 bits per heavy atom. The lowest BCUT2D eigenvalue weighted by Gasteiger charge is -2.12. The fourth-order valence-electron chi connectivity index (χ4n) is 2.00. The molecule has 0 spiro atoms. The van der Waals surface area contributed by atoms with Gasteiger partial charge in [-0.3, -0.25) is 0 Å². The molecule has 0 amide bonds. The predicted molar refractivity (Wildman–Crippen MR) is 87.5 cm³/mol. The van der Waals surface area contributed by atoms with Crippen molar-refractivity contribution in [3.05, 3.63) is 57.1 Å². The van der Waals surface area contributed by atoms with Crippen LogP contribution in [0.5, 0.6) is 11.5 Å². The Kier molecular flexibility index (Phi) is 4.69. The smallest absolute Gasteiger partial charge is 0.130 e. The highest BCUT2D eigenvalue weighted by Gasteiger charge is 2.06. The van der Waals surface area contributed by atoms with Crippen molar-refractivity contribution >= 4 is 31.9 Å². The predicted octanol–water partition coefficient (Wildman–Crippen LogP) is 6.06. The maximum atomic E-state index is 5.99. The highest BCUT2D eigenvalue weighted by atomic mass is 79.9. The van der Waals surface area contributed by atoms with Gasteiger partial charge in [-0.25, -0.2) is 0 Å². The van der Waals surface area contributed by atoms with Gasteiger partial charge in [-0.1, -0.05) is 44.0 Å². The fraction of sp³-hybridized carbons (Fsp3) is 0.250. The normalized spacial score (nSPS) is 10.6. The molecule has 3 heteroatoms. The van der Waals surface area contributed by atoms with Crippen LogP contribution in [0.25, 0.3) is 0 Å². The van der Waals surface area contributed by atoms with E-state index in [1.807, 2.05) is 6.07 Å². The van der Waals surface area contributed by atoms with Crippen molar-refractivity contribution in [3.63, 3.8) is 0 Å². The van der Waals surface area contributed by atoms with E-state index in [0.29, 0.717) is 0 Å². The molecule has 0 aromatic heterocycles. The number of benzene rings is 2. The maximum absolute atomic E-state index is 5.99. The molecule has 0 saturated heterocycles. The highest BCUT2D eigenvalue weighted by molar-refractivity contribution is 9.10. The summed E-state index contributed by atoms with van der Waals surface area (Å²) in [5, 5.41) is 0.866. The first-order valence-corrected chi connectivity index (χ1v) is 8.03. The molecule has 0 N–H and O–H groups in total. The molecule has 0 atom stereocenters. The molecule has 2 aromatic rings. The minimum absolute atomic E-state index is 0.866. The van der Waals surface area contributed by atoms with Gasteiger partial charge in [-0.2, -0.15) is 0 Å². The van der Waals surface area contributed by atoms with E-state index >= 15 is 0 Å². The Hall–Kier alpha value is -0.800. The van der Waals surface area contributed by atoms with Gasteiger partial charge in [0.1, 0.15) is 11.5 Å². The van der Waals surface area contributed by atoms with Crippen LogP contribution in [-0.2, 0) is 5.33 Å². The standard InChI is InChI=1S/C16H16Br2O/c1-10-6-13(9-17)4-5-15(10)19-14-7-11(2)16(18)12(3)8-14/h4-8H,9H2,1-3H3.